The van der Waals surface area contributed by atoms with E-state index in [4.69, 9.17) is 0 Å². The molecule has 2 heterocycles. The first-order valence-electron chi connectivity index (χ1n) is 5.89. The molecule has 2 aliphatic rings. The highest BCUT2D eigenvalue weighted by molar-refractivity contribution is 7.99. The van der Waals surface area contributed by atoms with Crippen LogP contribution in [0.3, 0.4) is 0 Å². The summed E-state index contributed by atoms with van der Waals surface area (Å²) in [6.07, 6.45) is 2.81. The highest BCUT2D eigenvalue weighted by Crippen LogP contribution is 2.19. The van der Waals surface area contributed by atoms with Crippen molar-refractivity contribution in [3.63, 3.8) is 0 Å². The molecule has 0 aliphatic carbocycles. The van der Waals surface area contributed by atoms with Gasteiger partial charge in [0.05, 0.1) is 0 Å². The van der Waals surface area contributed by atoms with E-state index in [1.165, 1.54) is 50.5 Å². The summed E-state index contributed by atoms with van der Waals surface area (Å²) in [7, 11) is 0. The van der Waals surface area contributed by atoms with Gasteiger partial charge < -0.3 is 5.32 Å². The van der Waals surface area contributed by atoms with Gasteiger partial charge in [-0.05, 0) is 38.8 Å². The van der Waals surface area contributed by atoms with Crippen LogP contribution in [-0.2, 0) is 0 Å². The minimum Gasteiger partial charge on any atom is -0.316 e. The molecule has 0 bridgehead atoms. The Hall–Kier alpha value is 0.560. The normalized spacial score (nSPS) is 33.4. The summed E-state index contributed by atoms with van der Waals surface area (Å²) in [6, 6.07) is 0.802. The molecular formula is C11H23ClN2S. The number of thioether (sulfide) groups is 1. The van der Waals surface area contributed by atoms with Crippen LogP contribution in [0.15, 0.2) is 0 Å². The van der Waals surface area contributed by atoms with Crippen molar-refractivity contribution in [2.75, 3.05) is 37.7 Å². The molecule has 0 amide bonds. The van der Waals surface area contributed by atoms with Crippen molar-refractivity contribution in [1.82, 2.24) is 10.2 Å². The van der Waals surface area contributed by atoms with Crippen LogP contribution >= 0.6 is 24.2 Å². The molecule has 0 aromatic heterocycles. The average molecular weight is 251 g/mol. The third-order valence-corrected chi connectivity index (χ3v) is 4.59. The molecule has 2 fully saturated rings. The number of halogens is 1. The summed E-state index contributed by atoms with van der Waals surface area (Å²) in [4.78, 5) is 2.69. The van der Waals surface area contributed by atoms with E-state index in [1.807, 2.05) is 0 Å². The van der Waals surface area contributed by atoms with Gasteiger partial charge in [0.25, 0.3) is 0 Å². The zero-order valence-electron chi connectivity index (χ0n) is 9.58. The number of hydrogen-bond donors (Lipinski definition) is 1. The van der Waals surface area contributed by atoms with Gasteiger partial charge in [-0.25, -0.2) is 0 Å². The van der Waals surface area contributed by atoms with E-state index < -0.39 is 0 Å². The Kier molecular flexibility index (Phi) is 6.36. The Morgan fingerprint density at radius 3 is 3.00 bits per heavy atom. The van der Waals surface area contributed by atoms with Crippen molar-refractivity contribution >= 4 is 24.2 Å². The van der Waals surface area contributed by atoms with Gasteiger partial charge in [-0.1, -0.05) is 0 Å². The van der Waals surface area contributed by atoms with Crippen molar-refractivity contribution in [2.24, 2.45) is 5.92 Å². The predicted molar refractivity (Wildman–Crippen MR) is 71.2 cm³/mol. The fourth-order valence-electron chi connectivity index (χ4n) is 2.44. The Bertz CT molecular complexity index is 174. The number of hydrogen-bond acceptors (Lipinski definition) is 3. The third-order valence-electron chi connectivity index (χ3n) is 3.40. The quantitative estimate of drug-likeness (QED) is 0.805. The van der Waals surface area contributed by atoms with E-state index in [1.54, 1.807) is 0 Å². The molecule has 2 rings (SSSR count). The fourth-order valence-corrected chi connectivity index (χ4v) is 3.53. The highest BCUT2D eigenvalue weighted by Gasteiger charge is 2.22. The Morgan fingerprint density at radius 2 is 2.33 bits per heavy atom. The maximum atomic E-state index is 3.51. The zero-order chi connectivity index (χ0) is 9.80. The second-order valence-electron chi connectivity index (χ2n) is 4.63. The molecule has 2 saturated heterocycles. The van der Waals surface area contributed by atoms with Crippen LogP contribution in [-0.4, -0.2) is 48.6 Å². The Labute approximate surface area is 104 Å². The van der Waals surface area contributed by atoms with E-state index in [0.29, 0.717) is 0 Å². The zero-order valence-corrected chi connectivity index (χ0v) is 11.2. The van der Waals surface area contributed by atoms with E-state index in [2.05, 4.69) is 28.9 Å². The first kappa shape index (κ1) is 13.6. The molecule has 2 aliphatic heterocycles. The summed E-state index contributed by atoms with van der Waals surface area (Å²) in [5.41, 5.74) is 0. The first-order chi connectivity index (χ1) is 6.86. The molecule has 2 nitrogen and oxygen atoms in total. The lowest BCUT2D eigenvalue weighted by atomic mass is 9.98. The smallest absolute Gasteiger partial charge is 0.0158 e. The Morgan fingerprint density at radius 1 is 1.47 bits per heavy atom. The van der Waals surface area contributed by atoms with E-state index in [-0.39, 0.29) is 12.4 Å². The van der Waals surface area contributed by atoms with Crippen molar-refractivity contribution in [1.29, 1.82) is 0 Å². The maximum absolute atomic E-state index is 3.51. The molecule has 4 heteroatoms. The number of rotatable bonds is 2. The Balaban J connectivity index is 0.00000112. The molecule has 0 aromatic rings. The van der Waals surface area contributed by atoms with Gasteiger partial charge in [0.15, 0.2) is 0 Å². The van der Waals surface area contributed by atoms with Crippen LogP contribution in [0.1, 0.15) is 19.8 Å². The predicted octanol–water partition coefficient (Wildman–Crippen LogP) is 1.85. The second-order valence-corrected chi connectivity index (χ2v) is 5.78. The van der Waals surface area contributed by atoms with Gasteiger partial charge in [0, 0.05) is 30.6 Å². The lowest BCUT2D eigenvalue weighted by Gasteiger charge is -2.36. The fraction of sp³-hybridized carbons (Fsp3) is 1.00. The van der Waals surface area contributed by atoms with Crippen LogP contribution < -0.4 is 5.32 Å². The molecule has 1 N–H and O–H groups in total. The van der Waals surface area contributed by atoms with Crippen molar-refractivity contribution in [2.45, 2.75) is 25.8 Å². The van der Waals surface area contributed by atoms with Gasteiger partial charge in [-0.3, -0.25) is 4.90 Å². The van der Waals surface area contributed by atoms with E-state index in [0.717, 1.165) is 12.0 Å². The molecular weight excluding hydrogens is 228 g/mol. The summed E-state index contributed by atoms with van der Waals surface area (Å²) in [5, 5.41) is 3.51. The maximum Gasteiger partial charge on any atom is 0.0158 e. The van der Waals surface area contributed by atoms with Crippen LogP contribution in [0, 0.1) is 5.92 Å². The second kappa shape index (κ2) is 7.00. The van der Waals surface area contributed by atoms with Gasteiger partial charge in [0.2, 0.25) is 0 Å². The van der Waals surface area contributed by atoms with Crippen molar-refractivity contribution in [3.8, 4) is 0 Å². The highest BCUT2D eigenvalue weighted by atomic mass is 35.5. The summed E-state index contributed by atoms with van der Waals surface area (Å²) in [6.45, 7) is 7.50. The largest absolute Gasteiger partial charge is 0.316 e. The minimum absolute atomic E-state index is 0. The SMILES string of the molecule is CC1CSCCN1CC1CCCNC1.Cl. The topological polar surface area (TPSA) is 15.3 Å². The average Bonchev–Trinajstić information content (AvgIpc) is 2.23. The first-order valence-corrected chi connectivity index (χ1v) is 7.04. The monoisotopic (exact) mass is 250 g/mol. The van der Waals surface area contributed by atoms with Gasteiger partial charge in [0.1, 0.15) is 0 Å². The molecule has 0 spiro atoms. The van der Waals surface area contributed by atoms with Crippen LogP contribution in [0.5, 0.6) is 0 Å². The number of nitrogens with zero attached hydrogens (tertiary/aromatic N) is 1. The van der Waals surface area contributed by atoms with Crippen LogP contribution in [0.4, 0.5) is 0 Å². The minimum atomic E-state index is 0. The van der Waals surface area contributed by atoms with Crippen molar-refractivity contribution in [3.05, 3.63) is 0 Å². The van der Waals surface area contributed by atoms with Crippen LogP contribution in [0.2, 0.25) is 0 Å². The number of piperidine rings is 1. The number of nitrogens with one attached hydrogen (secondary N) is 1. The van der Waals surface area contributed by atoms with Gasteiger partial charge >= 0.3 is 0 Å². The summed E-state index contributed by atoms with van der Waals surface area (Å²) < 4.78 is 0. The lowest BCUT2D eigenvalue weighted by molar-refractivity contribution is 0.179. The molecule has 0 aromatic carbocycles. The summed E-state index contributed by atoms with van der Waals surface area (Å²) in [5.74, 6) is 3.58. The van der Waals surface area contributed by atoms with Gasteiger partial charge in [-0.2, -0.15) is 11.8 Å². The van der Waals surface area contributed by atoms with Crippen LogP contribution in [0.25, 0.3) is 0 Å². The summed E-state index contributed by atoms with van der Waals surface area (Å²) >= 11 is 2.11. The molecule has 2 unspecified atom stereocenters. The molecule has 90 valence electrons. The molecule has 0 saturated carbocycles. The standard InChI is InChI=1S/C11H22N2S.ClH/c1-10-9-14-6-5-13(10)8-11-3-2-4-12-7-11;/h10-12H,2-9H2,1H3;1H. The molecule has 0 radical (unpaired) electrons. The lowest BCUT2D eigenvalue weighted by Crippen LogP contribution is -2.45. The molecule has 15 heavy (non-hydrogen) atoms. The van der Waals surface area contributed by atoms with Gasteiger partial charge in [-0.15, -0.1) is 12.4 Å². The van der Waals surface area contributed by atoms with E-state index >= 15 is 0 Å². The van der Waals surface area contributed by atoms with Crippen molar-refractivity contribution < 1.29 is 0 Å². The van der Waals surface area contributed by atoms with E-state index in [9.17, 15) is 0 Å². The molecule has 2 atom stereocenters. The third kappa shape index (κ3) is 4.14.